The SMILES string of the molecule is CC1CN(C(=O)N2N=CCC2c2ccccc2)C1. The number of urea groups is 1. The van der Waals surface area contributed by atoms with Crippen molar-refractivity contribution >= 4 is 12.2 Å². The van der Waals surface area contributed by atoms with Gasteiger partial charge >= 0.3 is 6.03 Å². The lowest BCUT2D eigenvalue weighted by molar-refractivity contribution is 0.0898. The van der Waals surface area contributed by atoms with Gasteiger partial charge in [-0.25, -0.2) is 9.80 Å². The summed E-state index contributed by atoms with van der Waals surface area (Å²) in [4.78, 5) is 14.2. The van der Waals surface area contributed by atoms with Crippen LogP contribution in [-0.2, 0) is 0 Å². The van der Waals surface area contributed by atoms with Gasteiger partial charge in [0.2, 0.25) is 0 Å². The van der Waals surface area contributed by atoms with E-state index in [4.69, 9.17) is 0 Å². The van der Waals surface area contributed by atoms with E-state index < -0.39 is 0 Å². The predicted octanol–water partition coefficient (Wildman–Crippen LogP) is 2.49. The molecule has 2 aliphatic heterocycles. The van der Waals surface area contributed by atoms with Gasteiger partial charge in [-0.15, -0.1) is 0 Å². The standard InChI is InChI=1S/C14H17N3O/c1-11-9-16(10-11)14(18)17-13(7-8-15-17)12-5-3-2-4-6-12/h2-6,8,11,13H,7,9-10H2,1H3. The molecular formula is C14H17N3O. The van der Waals surface area contributed by atoms with E-state index in [2.05, 4.69) is 24.2 Å². The smallest absolute Gasteiger partial charge is 0.322 e. The zero-order valence-corrected chi connectivity index (χ0v) is 10.5. The second kappa shape index (κ2) is 4.44. The Morgan fingerprint density at radius 2 is 2.00 bits per heavy atom. The van der Waals surface area contributed by atoms with Crippen molar-refractivity contribution in [2.75, 3.05) is 13.1 Å². The van der Waals surface area contributed by atoms with Crippen LogP contribution in [-0.4, -0.2) is 35.2 Å². The van der Waals surface area contributed by atoms with Crippen LogP contribution in [0.5, 0.6) is 0 Å². The summed E-state index contributed by atoms with van der Waals surface area (Å²) in [6, 6.07) is 10.2. The third-order valence-corrected chi connectivity index (χ3v) is 3.54. The first-order valence-electron chi connectivity index (χ1n) is 6.41. The first kappa shape index (κ1) is 11.3. The van der Waals surface area contributed by atoms with Crippen LogP contribution in [0.2, 0.25) is 0 Å². The van der Waals surface area contributed by atoms with E-state index in [1.54, 1.807) is 5.01 Å². The molecule has 0 bridgehead atoms. The largest absolute Gasteiger partial charge is 0.341 e. The minimum atomic E-state index is 0.0377. The number of benzene rings is 1. The molecule has 94 valence electrons. The summed E-state index contributed by atoms with van der Waals surface area (Å²) in [7, 11) is 0. The van der Waals surface area contributed by atoms with Gasteiger partial charge < -0.3 is 4.90 Å². The first-order chi connectivity index (χ1) is 8.75. The Bertz CT molecular complexity index is 465. The molecule has 18 heavy (non-hydrogen) atoms. The normalized spacial score (nSPS) is 23.3. The molecule has 0 saturated carbocycles. The van der Waals surface area contributed by atoms with Gasteiger partial charge in [-0.1, -0.05) is 37.3 Å². The lowest BCUT2D eigenvalue weighted by atomic mass is 10.0. The van der Waals surface area contributed by atoms with Crippen LogP contribution < -0.4 is 0 Å². The summed E-state index contributed by atoms with van der Waals surface area (Å²) < 4.78 is 0. The maximum Gasteiger partial charge on any atom is 0.341 e. The summed E-state index contributed by atoms with van der Waals surface area (Å²) in [5.74, 6) is 0.621. The van der Waals surface area contributed by atoms with Crippen LogP contribution in [0.1, 0.15) is 24.9 Å². The Morgan fingerprint density at radius 1 is 1.28 bits per heavy atom. The van der Waals surface area contributed by atoms with Crippen molar-refractivity contribution in [3.8, 4) is 0 Å². The van der Waals surface area contributed by atoms with Crippen LogP contribution in [0.15, 0.2) is 35.4 Å². The van der Waals surface area contributed by atoms with Gasteiger partial charge in [0, 0.05) is 25.7 Å². The fraction of sp³-hybridized carbons (Fsp3) is 0.429. The zero-order valence-electron chi connectivity index (χ0n) is 10.5. The number of carbonyl (C=O) groups excluding carboxylic acids is 1. The fourth-order valence-electron chi connectivity index (χ4n) is 2.55. The zero-order chi connectivity index (χ0) is 12.5. The molecule has 0 aliphatic carbocycles. The Morgan fingerprint density at radius 3 is 2.67 bits per heavy atom. The third kappa shape index (κ3) is 1.88. The number of hydrazone groups is 1. The highest BCUT2D eigenvalue weighted by molar-refractivity contribution is 5.79. The summed E-state index contributed by atoms with van der Waals surface area (Å²) in [5, 5.41) is 5.86. The maximum atomic E-state index is 12.3. The van der Waals surface area contributed by atoms with Crippen molar-refractivity contribution in [2.24, 2.45) is 11.0 Å². The molecule has 1 fully saturated rings. The quantitative estimate of drug-likeness (QED) is 0.746. The van der Waals surface area contributed by atoms with Crippen molar-refractivity contribution in [2.45, 2.75) is 19.4 Å². The summed E-state index contributed by atoms with van der Waals surface area (Å²) >= 11 is 0. The molecule has 0 N–H and O–H groups in total. The number of amides is 2. The molecule has 0 radical (unpaired) electrons. The highest BCUT2D eigenvalue weighted by atomic mass is 16.2. The number of carbonyl (C=O) groups is 1. The molecule has 2 aliphatic rings. The van der Waals surface area contributed by atoms with Gasteiger partial charge in [-0.3, -0.25) is 0 Å². The number of likely N-dealkylation sites (tertiary alicyclic amines) is 1. The van der Waals surface area contributed by atoms with Crippen molar-refractivity contribution < 1.29 is 4.79 Å². The predicted molar refractivity (Wildman–Crippen MR) is 70.3 cm³/mol. The molecule has 1 aromatic rings. The van der Waals surface area contributed by atoms with Crippen LogP contribution in [0.4, 0.5) is 4.79 Å². The van der Waals surface area contributed by atoms with Crippen molar-refractivity contribution in [3.63, 3.8) is 0 Å². The summed E-state index contributed by atoms with van der Waals surface area (Å²) in [5.41, 5.74) is 1.15. The third-order valence-electron chi connectivity index (χ3n) is 3.54. The number of rotatable bonds is 1. The minimum absolute atomic E-state index is 0.0377. The van der Waals surface area contributed by atoms with Gasteiger partial charge in [0.1, 0.15) is 0 Å². The Labute approximate surface area is 107 Å². The highest BCUT2D eigenvalue weighted by Gasteiger charge is 2.35. The number of nitrogens with zero attached hydrogens (tertiary/aromatic N) is 3. The van der Waals surface area contributed by atoms with E-state index in [1.165, 1.54) is 0 Å². The second-order valence-electron chi connectivity index (χ2n) is 5.10. The molecule has 0 aromatic heterocycles. The van der Waals surface area contributed by atoms with Crippen LogP contribution >= 0.6 is 0 Å². The van der Waals surface area contributed by atoms with E-state index >= 15 is 0 Å². The van der Waals surface area contributed by atoms with Crippen molar-refractivity contribution in [1.29, 1.82) is 0 Å². The van der Waals surface area contributed by atoms with Gasteiger partial charge in [-0.05, 0) is 11.5 Å². The molecule has 2 heterocycles. The average Bonchev–Trinajstić information content (AvgIpc) is 2.84. The lowest BCUT2D eigenvalue weighted by Gasteiger charge is -2.39. The maximum absolute atomic E-state index is 12.3. The topological polar surface area (TPSA) is 35.9 Å². The molecule has 4 heteroatoms. The van der Waals surface area contributed by atoms with Crippen LogP contribution in [0, 0.1) is 5.92 Å². The van der Waals surface area contributed by atoms with E-state index in [9.17, 15) is 4.79 Å². The fourth-order valence-corrected chi connectivity index (χ4v) is 2.55. The molecule has 3 rings (SSSR count). The number of hydrogen-bond acceptors (Lipinski definition) is 2. The average molecular weight is 243 g/mol. The Balaban J connectivity index is 1.75. The summed E-state index contributed by atoms with van der Waals surface area (Å²) in [6.07, 6.45) is 2.64. The van der Waals surface area contributed by atoms with Gasteiger partial charge in [0.25, 0.3) is 0 Å². The second-order valence-corrected chi connectivity index (χ2v) is 5.10. The van der Waals surface area contributed by atoms with Crippen LogP contribution in [0.25, 0.3) is 0 Å². The minimum Gasteiger partial charge on any atom is -0.322 e. The molecule has 1 saturated heterocycles. The van der Waals surface area contributed by atoms with Crippen LogP contribution in [0.3, 0.4) is 0 Å². The Kier molecular flexibility index (Phi) is 2.78. The van der Waals surface area contributed by atoms with Gasteiger partial charge in [0.05, 0.1) is 6.04 Å². The first-order valence-corrected chi connectivity index (χ1v) is 6.41. The monoisotopic (exact) mass is 243 g/mol. The van der Waals surface area contributed by atoms with E-state index in [0.717, 1.165) is 25.1 Å². The van der Waals surface area contributed by atoms with Gasteiger partial charge in [0.15, 0.2) is 0 Å². The molecule has 0 spiro atoms. The van der Waals surface area contributed by atoms with E-state index in [0.29, 0.717) is 5.92 Å². The number of hydrogen-bond donors (Lipinski definition) is 0. The summed E-state index contributed by atoms with van der Waals surface area (Å²) in [6.45, 7) is 3.87. The van der Waals surface area contributed by atoms with Crippen molar-refractivity contribution in [1.82, 2.24) is 9.91 Å². The van der Waals surface area contributed by atoms with E-state index in [-0.39, 0.29) is 12.1 Å². The molecule has 1 atom stereocenters. The van der Waals surface area contributed by atoms with E-state index in [1.807, 2.05) is 29.3 Å². The van der Waals surface area contributed by atoms with Crippen molar-refractivity contribution in [3.05, 3.63) is 35.9 Å². The Hall–Kier alpha value is -1.84. The molecule has 1 aromatic carbocycles. The molecule has 4 nitrogen and oxygen atoms in total. The molecule has 1 unspecified atom stereocenters. The molecular weight excluding hydrogens is 226 g/mol. The highest BCUT2D eigenvalue weighted by Crippen LogP contribution is 2.30. The molecule has 2 amide bonds. The van der Waals surface area contributed by atoms with Gasteiger partial charge in [-0.2, -0.15) is 5.10 Å². The lowest BCUT2D eigenvalue weighted by Crippen LogP contribution is -2.52.